The average molecular weight is 244 g/mol. The first kappa shape index (κ1) is 12.9. The summed E-state index contributed by atoms with van der Waals surface area (Å²) in [7, 11) is -3.40. The van der Waals surface area contributed by atoms with Crippen LogP contribution < -0.4 is 4.72 Å². The molecule has 16 heavy (non-hydrogen) atoms. The summed E-state index contributed by atoms with van der Waals surface area (Å²) in [6.45, 7) is 3.54. The lowest BCUT2D eigenvalue weighted by atomic mass is 10.2. The van der Waals surface area contributed by atoms with Crippen LogP contribution in [0.1, 0.15) is 17.7 Å². The summed E-state index contributed by atoms with van der Waals surface area (Å²) in [5.41, 5.74) is 1.72. The molecule has 0 aliphatic heterocycles. The second kappa shape index (κ2) is 5.27. The fourth-order valence-corrected chi connectivity index (χ4v) is 2.39. The van der Waals surface area contributed by atoms with Gasteiger partial charge in [0.25, 0.3) is 0 Å². The molecule has 0 aromatic carbocycles. The highest BCUT2D eigenvalue weighted by Crippen LogP contribution is 2.11. The van der Waals surface area contributed by atoms with Crippen LogP contribution in [-0.2, 0) is 10.0 Å². The first-order chi connectivity index (χ1) is 7.43. The second-order valence-corrected chi connectivity index (χ2v) is 5.51. The van der Waals surface area contributed by atoms with Crippen molar-refractivity contribution in [3.63, 3.8) is 0 Å². The van der Waals surface area contributed by atoms with E-state index < -0.39 is 10.0 Å². The van der Waals surface area contributed by atoms with Crippen LogP contribution in [0.3, 0.4) is 0 Å². The topological polar surface area (TPSA) is 79.3 Å². The van der Waals surface area contributed by atoms with Crippen molar-refractivity contribution in [1.82, 2.24) is 4.98 Å². The van der Waals surface area contributed by atoms with Crippen LogP contribution in [0.25, 0.3) is 0 Å². The summed E-state index contributed by atoms with van der Waals surface area (Å²) in [6, 6.07) is 3.54. The van der Waals surface area contributed by atoms with Crippen molar-refractivity contribution in [2.24, 2.45) is 0 Å². The molecule has 0 aliphatic carbocycles. The van der Waals surface area contributed by atoms with Crippen LogP contribution >= 0.6 is 0 Å². The van der Waals surface area contributed by atoms with E-state index in [1.54, 1.807) is 13.0 Å². The van der Waals surface area contributed by atoms with E-state index in [4.69, 9.17) is 5.11 Å². The largest absolute Gasteiger partial charge is 0.396 e. The molecule has 0 fully saturated rings. The molecule has 0 radical (unpaired) electrons. The molecule has 2 N–H and O–H groups in total. The molecule has 1 aromatic heterocycles. The average Bonchev–Trinajstić information content (AvgIpc) is 2.12. The van der Waals surface area contributed by atoms with Gasteiger partial charge in [-0.25, -0.2) is 13.4 Å². The fraction of sp³-hybridized carbons (Fsp3) is 0.500. The maximum absolute atomic E-state index is 11.5. The first-order valence-corrected chi connectivity index (χ1v) is 6.65. The number of hydrogen-bond acceptors (Lipinski definition) is 4. The van der Waals surface area contributed by atoms with E-state index in [9.17, 15) is 8.42 Å². The molecule has 0 amide bonds. The number of hydrogen-bond donors (Lipinski definition) is 2. The van der Waals surface area contributed by atoms with Crippen LogP contribution in [0.15, 0.2) is 12.1 Å². The molecule has 1 rings (SSSR count). The number of nitrogens with zero attached hydrogens (tertiary/aromatic N) is 1. The number of aliphatic hydroxyl groups excluding tert-OH is 1. The normalized spacial score (nSPS) is 11.4. The van der Waals surface area contributed by atoms with E-state index in [0.717, 1.165) is 11.3 Å². The molecule has 6 heteroatoms. The Labute approximate surface area is 95.6 Å². The van der Waals surface area contributed by atoms with E-state index in [-0.39, 0.29) is 18.8 Å². The SMILES string of the molecule is Cc1cc(C)nc(NS(=O)(=O)CCCO)c1. The summed E-state index contributed by atoms with van der Waals surface area (Å²) in [5.74, 6) is 0.230. The molecule has 0 atom stereocenters. The van der Waals surface area contributed by atoms with Gasteiger partial charge in [-0.05, 0) is 38.0 Å². The molecule has 5 nitrogen and oxygen atoms in total. The Hall–Kier alpha value is -1.14. The zero-order valence-electron chi connectivity index (χ0n) is 9.40. The third-order valence-electron chi connectivity index (χ3n) is 1.93. The lowest BCUT2D eigenvalue weighted by Crippen LogP contribution is -2.18. The highest BCUT2D eigenvalue weighted by atomic mass is 32.2. The highest BCUT2D eigenvalue weighted by Gasteiger charge is 2.10. The number of sulfonamides is 1. The third-order valence-corrected chi connectivity index (χ3v) is 3.28. The standard InChI is InChI=1S/C10H16N2O3S/c1-8-6-9(2)11-10(7-8)12-16(14,15)5-3-4-13/h6-7,13H,3-5H2,1-2H3,(H,11,12). The number of aryl methyl sites for hydroxylation is 2. The van der Waals surface area contributed by atoms with Crippen LogP contribution in [0.5, 0.6) is 0 Å². The molecule has 0 bridgehead atoms. The smallest absolute Gasteiger partial charge is 0.233 e. The minimum absolute atomic E-state index is 0.0990. The van der Waals surface area contributed by atoms with Crippen molar-refractivity contribution in [1.29, 1.82) is 0 Å². The Bertz CT molecular complexity index is 437. The summed E-state index contributed by atoms with van der Waals surface area (Å²) < 4.78 is 25.4. The summed E-state index contributed by atoms with van der Waals surface area (Å²) in [4.78, 5) is 4.07. The Kier molecular flexibility index (Phi) is 4.26. The monoisotopic (exact) mass is 244 g/mol. The molecule has 1 heterocycles. The molecule has 0 aliphatic rings. The number of aromatic nitrogens is 1. The lowest BCUT2D eigenvalue weighted by Gasteiger charge is -2.08. The zero-order valence-corrected chi connectivity index (χ0v) is 10.2. The van der Waals surface area contributed by atoms with Crippen molar-refractivity contribution >= 4 is 15.8 Å². The number of pyridine rings is 1. The number of anilines is 1. The molecule has 1 aromatic rings. The van der Waals surface area contributed by atoms with E-state index in [0.29, 0.717) is 5.82 Å². The van der Waals surface area contributed by atoms with Gasteiger partial charge < -0.3 is 5.11 Å². The molecule has 90 valence electrons. The van der Waals surface area contributed by atoms with E-state index >= 15 is 0 Å². The van der Waals surface area contributed by atoms with Gasteiger partial charge in [0.15, 0.2) is 0 Å². The van der Waals surface area contributed by atoms with Gasteiger partial charge in [-0.2, -0.15) is 0 Å². The number of rotatable bonds is 5. The molecule has 0 unspecified atom stereocenters. The van der Waals surface area contributed by atoms with Gasteiger partial charge in [0, 0.05) is 12.3 Å². The third kappa shape index (κ3) is 4.16. The molecule has 0 saturated heterocycles. The Morgan fingerprint density at radius 2 is 2.06 bits per heavy atom. The van der Waals surface area contributed by atoms with Crippen molar-refractivity contribution in [2.45, 2.75) is 20.3 Å². The fourth-order valence-electron chi connectivity index (χ4n) is 1.36. The second-order valence-electron chi connectivity index (χ2n) is 3.67. The summed E-state index contributed by atoms with van der Waals surface area (Å²) in [5, 5.41) is 8.58. The molecule has 0 spiro atoms. The molecular weight excluding hydrogens is 228 g/mol. The minimum Gasteiger partial charge on any atom is -0.396 e. The maximum Gasteiger partial charge on any atom is 0.233 e. The van der Waals surface area contributed by atoms with Crippen molar-refractivity contribution in [3.8, 4) is 0 Å². The Balaban J connectivity index is 2.80. The summed E-state index contributed by atoms with van der Waals surface area (Å²) >= 11 is 0. The lowest BCUT2D eigenvalue weighted by molar-refractivity contribution is 0.295. The Morgan fingerprint density at radius 1 is 1.38 bits per heavy atom. The van der Waals surface area contributed by atoms with Gasteiger partial charge in [0.05, 0.1) is 5.75 Å². The van der Waals surface area contributed by atoms with Gasteiger partial charge in [0.1, 0.15) is 5.82 Å². The van der Waals surface area contributed by atoms with Crippen LogP contribution in [0.4, 0.5) is 5.82 Å². The predicted molar refractivity (Wildman–Crippen MR) is 62.8 cm³/mol. The zero-order chi connectivity index (χ0) is 12.2. The maximum atomic E-state index is 11.5. The van der Waals surface area contributed by atoms with Crippen LogP contribution in [0, 0.1) is 13.8 Å². The highest BCUT2D eigenvalue weighted by molar-refractivity contribution is 7.92. The van der Waals surface area contributed by atoms with Gasteiger partial charge in [-0.1, -0.05) is 0 Å². The van der Waals surface area contributed by atoms with Crippen molar-refractivity contribution in [3.05, 3.63) is 23.4 Å². The van der Waals surface area contributed by atoms with Crippen LogP contribution in [-0.4, -0.2) is 30.9 Å². The van der Waals surface area contributed by atoms with Crippen molar-refractivity contribution in [2.75, 3.05) is 17.1 Å². The predicted octanol–water partition coefficient (Wildman–Crippen LogP) is 0.823. The summed E-state index contributed by atoms with van der Waals surface area (Å²) in [6.07, 6.45) is 0.222. The van der Waals surface area contributed by atoms with E-state index in [2.05, 4.69) is 9.71 Å². The van der Waals surface area contributed by atoms with Gasteiger partial charge in [-0.3, -0.25) is 4.72 Å². The van der Waals surface area contributed by atoms with Gasteiger partial charge in [-0.15, -0.1) is 0 Å². The molecular formula is C10H16N2O3S. The Morgan fingerprint density at radius 3 is 2.62 bits per heavy atom. The molecule has 0 saturated carbocycles. The van der Waals surface area contributed by atoms with Gasteiger partial charge >= 0.3 is 0 Å². The quantitative estimate of drug-likeness (QED) is 0.803. The van der Waals surface area contributed by atoms with Crippen LogP contribution in [0.2, 0.25) is 0 Å². The van der Waals surface area contributed by atoms with E-state index in [1.807, 2.05) is 13.0 Å². The van der Waals surface area contributed by atoms with E-state index in [1.165, 1.54) is 0 Å². The first-order valence-electron chi connectivity index (χ1n) is 4.99. The van der Waals surface area contributed by atoms with Crippen molar-refractivity contribution < 1.29 is 13.5 Å². The minimum atomic E-state index is -3.40. The number of aliphatic hydroxyl groups is 1. The van der Waals surface area contributed by atoms with Gasteiger partial charge in [0.2, 0.25) is 10.0 Å². The number of nitrogens with one attached hydrogen (secondary N) is 1.